The fraction of sp³-hybridized carbons (Fsp3) is 0.611. The van der Waals surface area contributed by atoms with Crippen molar-refractivity contribution in [2.24, 2.45) is 0 Å². The van der Waals surface area contributed by atoms with Crippen molar-refractivity contribution < 1.29 is 14.3 Å². The van der Waals surface area contributed by atoms with E-state index in [1.807, 2.05) is 13.0 Å². The molecule has 0 fully saturated rings. The van der Waals surface area contributed by atoms with Crippen molar-refractivity contribution in [1.29, 1.82) is 0 Å². The molecule has 0 heterocycles. The maximum atomic E-state index is 12.0. The molecule has 1 atom stereocenters. The molecular weight excluding hydrogens is 278 g/mol. The molecule has 0 aliphatic heterocycles. The van der Waals surface area contributed by atoms with Gasteiger partial charge in [-0.2, -0.15) is 0 Å². The van der Waals surface area contributed by atoms with Gasteiger partial charge in [-0.05, 0) is 69.2 Å². The summed E-state index contributed by atoms with van der Waals surface area (Å²) in [5.41, 5.74) is 2.79. The van der Waals surface area contributed by atoms with Crippen molar-refractivity contribution in [2.45, 2.75) is 52.1 Å². The van der Waals surface area contributed by atoms with E-state index in [0.717, 1.165) is 25.0 Å². The maximum Gasteiger partial charge on any atom is 0.260 e. The topological polar surface area (TPSA) is 47.6 Å². The molecule has 1 N–H and O–H groups in total. The molecule has 1 aromatic rings. The van der Waals surface area contributed by atoms with Crippen LogP contribution in [-0.2, 0) is 22.4 Å². The van der Waals surface area contributed by atoms with E-state index in [9.17, 15) is 4.79 Å². The highest BCUT2D eigenvalue weighted by molar-refractivity contribution is 5.80. The van der Waals surface area contributed by atoms with Gasteiger partial charge in [0.2, 0.25) is 0 Å². The fourth-order valence-corrected chi connectivity index (χ4v) is 2.71. The minimum atomic E-state index is -0.478. The molecule has 22 heavy (non-hydrogen) atoms. The van der Waals surface area contributed by atoms with Crippen molar-refractivity contribution >= 4 is 5.91 Å². The average molecular weight is 305 g/mol. The van der Waals surface area contributed by atoms with Crippen LogP contribution in [0, 0.1) is 0 Å². The number of ether oxygens (including phenoxy) is 2. The minimum absolute atomic E-state index is 0.0748. The van der Waals surface area contributed by atoms with E-state index in [2.05, 4.69) is 17.4 Å². The normalized spacial score (nSPS) is 15.0. The first-order valence-corrected chi connectivity index (χ1v) is 8.34. The quantitative estimate of drug-likeness (QED) is 0.751. The predicted molar refractivity (Wildman–Crippen MR) is 87.3 cm³/mol. The van der Waals surface area contributed by atoms with E-state index in [0.29, 0.717) is 19.8 Å². The third kappa shape index (κ3) is 5.02. The molecular formula is C18H27NO3. The smallest absolute Gasteiger partial charge is 0.260 e. The Morgan fingerprint density at radius 2 is 2.05 bits per heavy atom. The molecule has 0 saturated carbocycles. The Morgan fingerprint density at radius 3 is 2.82 bits per heavy atom. The number of hydrogen-bond donors (Lipinski definition) is 1. The van der Waals surface area contributed by atoms with Crippen LogP contribution in [0.5, 0.6) is 5.75 Å². The second-order valence-electron chi connectivity index (χ2n) is 5.74. The van der Waals surface area contributed by atoms with Gasteiger partial charge in [0.25, 0.3) is 5.91 Å². The van der Waals surface area contributed by atoms with E-state index < -0.39 is 6.10 Å². The summed E-state index contributed by atoms with van der Waals surface area (Å²) in [6, 6.07) is 6.20. The third-order valence-electron chi connectivity index (χ3n) is 3.97. The van der Waals surface area contributed by atoms with E-state index in [4.69, 9.17) is 9.47 Å². The van der Waals surface area contributed by atoms with E-state index in [1.165, 1.54) is 24.0 Å². The number of fused-ring (bicyclic) bond motifs is 1. The maximum absolute atomic E-state index is 12.0. The third-order valence-corrected chi connectivity index (χ3v) is 3.97. The van der Waals surface area contributed by atoms with Gasteiger partial charge >= 0.3 is 0 Å². The average Bonchev–Trinajstić information content (AvgIpc) is 2.54. The number of aryl methyl sites for hydroxylation is 2. The van der Waals surface area contributed by atoms with E-state index in [1.54, 1.807) is 6.92 Å². The van der Waals surface area contributed by atoms with E-state index >= 15 is 0 Å². The fourth-order valence-electron chi connectivity index (χ4n) is 2.71. The van der Waals surface area contributed by atoms with Crippen molar-refractivity contribution in [3.05, 3.63) is 29.3 Å². The van der Waals surface area contributed by atoms with Gasteiger partial charge < -0.3 is 14.8 Å². The predicted octanol–water partition coefficient (Wildman–Crippen LogP) is 2.88. The second-order valence-corrected chi connectivity index (χ2v) is 5.74. The molecule has 0 aromatic heterocycles. The molecule has 0 saturated heterocycles. The molecule has 0 unspecified atom stereocenters. The number of carbonyl (C=O) groups is 1. The largest absolute Gasteiger partial charge is 0.481 e. The van der Waals surface area contributed by atoms with Gasteiger partial charge in [0.05, 0.1) is 0 Å². The zero-order valence-electron chi connectivity index (χ0n) is 13.7. The Balaban J connectivity index is 1.78. The van der Waals surface area contributed by atoms with Crippen LogP contribution < -0.4 is 10.1 Å². The molecule has 1 aliphatic rings. The first-order chi connectivity index (χ1) is 10.7. The summed E-state index contributed by atoms with van der Waals surface area (Å²) in [7, 11) is 0. The minimum Gasteiger partial charge on any atom is -0.481 e. The summed E-state index contributed by atoms with van der Waals surface area (Å²) in [6.45, 7) is 5.77. The number of carbonyl (C=O) groups excluding carboxylic acids is 1. The van der Waals surface area contributed by atoms with Gasteiger partial charge in [-0.25, -0.2) is 0 Å². The lowest BCUT2D eigenvalue weighted by molar-refractivity contribution is -0.127. The zero-order valence-corrected chi connectivity index (χ0v) is 13.7. The van der Waals surface area contributed by atoms with Crippen molar-refractivity contribution in [3.8, 4) is 5.75 Å². The lowest BCUT2D eigenvalue weighted by atomic mass is 9.92. The van der Waals surface area contributed by atoms with Crippen molar-refractivity contribution in [1.82, 2.24) is 5.32 Å². The number of benzene rings is 1. The Labute approximate surface area is 133 Å². The molecule has 1 amide bonds. The molecule has 2 rings (SSSR count). The number of amides is 1. The van der Waals surface area contributed by atoms with Gasteiger partial charge in [0, 0.05) is 19.8 Å². The highest BCUT2D eigenvalue weighted by Crippen LogP contribution is 2.25. The van der Waals surface area contributed by atoms with E-state index in [-0.39, 0.29) is 5.91 Å². The number of nitrogens with one attached hydrogen (secondary N) is 1. The summed E-state index contributed by atoms with van der Waals surface area (Å²) in [4.78, 5) is 12.0. The zero-order chi connectivity index (χ0) is 15.8. The lowest BCUT2D eigenvalue weighted by Crippen LogP contribution is -2.37. The Hall–Kier alpha value is -1.55. The van der Waals surface area contributed by atoms with Crippen LogP contribution in [0.2, 0.25) is 0 Å². The highest BCUT2D eigenvalue weighted by Gasteiger charge is 2.15. The first kappa shape index (κ1) is 16.8. The van der Waals surface area contributed by atoms with Gasteiger partial charge in [0.1, 0.15) is 5.75 Å². The summed E-state index contributed by atoms with van der Waals surface area (Å²) in [5, 5.41) is 2.88. The van der Waals surface area contributed by atoms with Crippen LogP contribution >= 0.6 is 0 Å². The van der Waals surface area contributed by atoms with Crippen LogP contribution in [0.1, 0.15) is 44.2 Å². The summed E-state index contributed by atoms with van der Waals surface area (Å²) < 4.78 is 11.0. The Bertz CT molecular complexity index is 487. The first-order valence-electron chi connectivity index (χ1n) is 8.34. The SMILES string of the molecule is CCOCCCNC(=O)[C@H](C)Oc1ccc2c(c1)CCCC2. The highest BCUT2D eigenvalue weighted by atomic mass is 16.5. The molecule has 1 aliphatic carbocycles. The standard InChI is InChI=1S/C18H27NO3/c1-3-21-12-6-11-19-18(20)14(2)22-17-10-9-15-7-4-5-8-16(15)13-17/h9-10,13-14H,3-8,11-12H2,1-2H3,(H,19,20)/t14-/m0/s1. The second kappa shape index (κ2) is 8.79. The van der Waals surface area contributed by atoms with Crippen molar-refractivity contribution in [3.63, 3.8) is 0 Å². The van der Waals surface area contributed by atoms with Crippen LogP contribution in [0.15, 0.2) is 18.2 Å². The summed E-state index contributed by atoms with van der Waals surface area (Å²) in [6.07, 6.45) is 5.13. The van der Waals surface area contributed by atoms with Gasteiger partial charge in [-0.3, -0.25) is 4.79 Å². The molecule has 0 spiro atoms. The Kier molecular flexibility index (Phi) is 6.72. The summed E-state index contributed by atoms with van der Waals surface area (Å²) in [5.74, 6) is 0.715. The molecule has 1 aromatic carbocycles. The Morgan fingerprint density at radius 1 is 1.27 bits per heavy atom. The van der Waals surface area contributed by atoms with Gasteiger partial charge in [0.15, 0.2) is 6.10 Å². The molecule has 4 heteroatoms. The molecule has 0 bridgehead atoms. The lowest BCUT2D eigenvalue weighted by Gasteiger charge is -2.19. The summed E-state index contributed by atoms with van der Waals surface area (Å²) >= 11 is 0. The number of hydrogen-bond acceptors (Lipinski definition) is 3. The molecule has 4 nitrogen and oxygen atoms in total. The van der Waals surface area contributed by atoms with Crippen LogP contribution in [0.4, 0.5) is 0 Å². The molecule has 122 valence electrons. The van der Waals surface area contributed by atoms with Crippen LogP contribution in [0.3, 0.4) is 0 Å². The van der Waals surface area contributed by atoms with Gasteiger partial charge in [-0.1, -0.05) is 6.07 Å². The molecule has 0 radical (unpaired) electrons. The number of rotatable bonds is 8. The monoisotopic (exact) mass is 305 g/mol. The van der Waals surface area contributed by atoms with Crippen LogP contribution in [-0.4, -0.2) is 31.8 Å². The van der Waals surface area contributed by atoms with Crippen LogP contribution in [0.25, 0.3) is 0 Å². The van der Waals surface area contributed by atoms with Crippen molar-refractivity contribution in [2.75, 3.05) is 19.8 Å². The van der Waals surface area contributed by atoms with Gasteiger partial charge in [-0.15, -0.1) is 0 Å².